The fourth-order valence-electron chi connectivity index (χ4n) is 2.18. The van der Waals surface area contributed by atoms with Crippen LogP contribution in [0.15, 0.2) is 35.6 Å². The number of aryl methyl sites for hydroxylation is 2. The van der Waals surface area contributed by atoms with Gasteiger partial charge in [-0.25, -0.2) is 0 Å². The van der Waals surface area contributed by atoms with Gasteiger partial charge in [-0.1, -0.05) is 6.58 Å². The normalized spacial score (nSPS) is 9.88. The molecule has 2 rings (SSSR count). The van der Waals surface area contributed by atoms with Gasteiger partial charge >= 0.3 is 0 Å². The van der Waals surface area contributed by atoms with Crippen LogP contribution in [0.25, 0.3) is 0 Å². The number of halogens is 2. The molecule has 134 valence electrons. The molecule has 0 radical (unpaired) electrons. The lowest BCUT2D eigenvalue weighted by Crippen LogP contribution is -2.21. The third-order valence-corrected chi connectivity index (χ3v) is 3.66. The smallest absolute Gasteiger partial charge is 0.272 e. The van der Waals surface area contributed by atoms with E-state index in [0.29, 0.717) is 17.1 Å². The Labute approximate surface area is 158 Å². The molecule has 2 heterocycles. The van der Waals surface area contributed by atoms with Crippen LogP contribution in [0.1, 0.15) is 21.0 Å². The Morgan fingerprint density at radius 3 is 2.40 bits per heavy atom. The van der Waals surface area contributed by atoms with E-state index >= 15 is 0 Å². The molecule has 0 aliphatic carbocycles. The Hall–Kier alpha value is -2.52. The molecule has 0 aromatic carbocycles. The summed E-state index contributed by atoms with van der Waals surface area (Å²) in [6, 6.07) is 3.09. The van der Waals surface area contributed by atoms with E-state index in [-0.39, 0.29) is 22.6 Å². The lowest BCUT2D eigenvalue weighted by Gasteiger charge is -2.07. The van der Waals surface area contributed by atoms with Crippen molar-refractivity contribution in [3.8, 4) is 0 Å². The van der Waals surface area contributed by atoms with Crippen molar-refractivity contribution in [3.05, 3.63) is 47.0 Å². The maximum atomic E-state index is 12.4. The fraction of sp³-hybridized carbons (Fsp3) is 0.133. The number of rotatable bonds is 5. The topological polar surface area (TPSA) is 111 Å². The van der Waals surface area contributed by atoms with E-state index in [4.69, 9.17) is 5.73 Å². The summed E-state index contributed by atoms with van der Waals surface area (Å²) in [6.07, 6.45) is 3.21. The monoisotopic (exact) mass is 429 g/mol. The highest BCUT2D eigenvalue weighted by Crippen LogP contribution is 2.19. The van der Waals surface area contributed by atoms with Crippen molar-refractivity contribution in [1.29, 1.82) is 0 Å². The molecule has 0 aliphatic rings. The number of amides is 3. The van der Waals surface area contributed by atoms with Gasteiger partial charge in [0.2, 0.25) is 0 Å². The van der Waals surface area contributed by atoms with Gasteiger partial charge in [0, 0.05) is 26.5 Å². The summed E-state index contributed by atoms with van der Waals surface area (Å²) >= 11 is 2.98. The maximum absolute atomic E-state index is 12.4. The van der Waals surface area contributed by atoms with Gasteiger partial charge in [0.1, 0.15) is 11.4 Å². The first kappa shape index (κ1) is 20.5. The van der Waals surface area contributed by atoms with E-state index in [0.717, 1.165) is 0 Å². The Morgan fingerprint density at radius 1 is 1.20 bits per heavy atom. The highest BCUT2D eigenvalue weighted by molar-refractivity contribution is 9.12. The SMILES string of the molecule is C=C(Br)C(=O)Nc1cc(C(=O)Nc2ccn(C)c2C(N)=O)n(C)c1.Cl. The van der Waals surface area contributed by atoms with Crippen LogP contribution < -0.4 is 16.4 Å². The molecule has 2 aromatic rings. The van der Waals surface area contributed by atoms with Gasteiger partial charge in [0.15, 0.2) is 0 Å². The number of primary amides is 1. The minimum Gasteiger partial charge on any atom is -0.364 e. The molecule has 0 atom stereocenters. The summed E-state index contributed by atoms with van der Waals surface area (Å²) in [5.41, 5.74) is 6.56. The molecule has 0 saturated carbocycles. The Balaban J connectivity index is 0.00000312. The van der Waals surface area contributed by atoms with Crippen molar-refractivity contribution in [1.82, 2.24) is 9.13 Å². The van der Waals surface area contributed by atoms with Crippen molar-refractivity contribution in [2.24, 2.45) is 19.8 Å². The van der Waals surface area contributed by atoms with Gasteiger partial charge in [-0.15, -0.1) is 12.4 Å². The lowest BCUT2D eigenvalue weighted by molar-refractivity contribution is -0.112. The van der Waals surface area contributed by atoms with Crippen LogP contribution in [0.4, 0.5) is 11.4 Å². The molecule has 0 fully saturated rings. The quantitative estimate of drug-likeness (QED) is 0.631. The van der Waals surface area contributed by atoms with Crippen LogP contribution in [-0.2, 0) is 18.9 Å². The van der Waals surface area contributed by atoms with Crippen molar-refractivity contribution in [2.75, 3.05) is 10.6 Å². The van der Waals surface area contributed by atoms with Crippen molar-refractivity contribution < 1.29 is 14.4 Å². The summed E-state index contributed by atoms with van der Waals surface area (Å²) in [5.74, 6) is -1.50. The largest absolute Gasteiger partial charge is 0.364 e. The average molecular weight is 431 g/mol. The van der Waals surface area contributed by atoms with E-state index in [2.05, 4.69) is 33.1 Å². The molecule has 0 unspecified atom stereocenters. The molecule has 3 amide bonds. The molecule has 8 nitrogen and oxygen atoms in total. The minimum absolute atomic E-state index is 0. The number of nitrogens with two attached hydrogens (primary N) is 1. The zero-order chi connectivity index (χ0) is 18.0. The van der Waals surface area contributed by atoms with Crippen LogP contribution in [-0.4, -0.2) is 26.9 Å². The van der Waals surface area contributed by atoms with Crippen LogP contribution in [0.5, 0.6) is 0 Å². The second-order valence-corrected chi connectivity index (χ2v) is 6.05. The molecule has 4 N–H and O–H groups in total. The molecule has 0 saturated heterocycles. The van der Waals surface area contributed by atoms with E-state index in [1.807, 2.05) is 0 Å². The summed E-state index contributed by atoms with van der Waals surface area (Å²) in [5, 5.41) is 5.23. The van der Waals surface area contributed by atoms with Gasteiger partial charge in [-0.3, -0.25) is 14.4 Å². The van der Waals surface area contributed by atoms with E-state index in [1.54, 1.807) is 37.1 Å². The number of carbonyl (C=O) groups excluding carboxylic acids is 3. The molecule has 10 heteroatoms. The van der Waals surface area contributed by atoms with Crippen LogP contribution in [0, 0.1) is 0 Å². The molecule has 0 bridgehead atoms. The summed E-state index contributed by atoms with van der Waals surface area (Å²) in [4.78, 5) is 35.5. The third-order valence-electron chi connectivity index (χ3n) is 3.30. The zero-order valence-electron chi connectivity index (χ0n) is 13.5. The Bertz CT molecular complexity index is 855. The van der Waals surface area contributed by atoms with Gasteiger partial charge < -0.3 is 25.5 Å². The highest BCUT2D eigenvalue weighted by atomic mass is 79.9. The predicted molar refractivity (Wildman–Crippen MR) is 101 cm³/mol. The van der Waals surface area contributed by atoms with Crippen molar-refractivity contribution >= 4 is 57.4 Å². The standard InChI is InChI=1S/C15H16BrN5O3.ClH/c1-8(16)14(23)18-9-6-11(21(3)7-9)15(24)19-10-4-5-20(2)12(10)13(17)22;/h4-7H,1H2,2-3H3,(H2,17,22)(H,18,23)(H,19,24);1H. The Kier molecular flexibility index (Phi) is 6.60. The zero-order valence-corrected chi connectivity index (χ0v) is 15.9. The van der Waals surface area contributed by atoms with Gasteiger partial charge in [-0.2, -0.15) is 0 Å². The van der Waals surface area contributed by atoms with Crippen LogP contribution in [0.3, 0.4) is 0 Å². The van der Waals surface area contributed by atoms with Crippen LogP contribution >= 0.6 is 28.3 Å². The van der Waals surface area contributed by atoms with Crippen molar-refractivity contribution in [3.63, 3.8) is 0 Å². The number of nitrogens with one attached hydrogen (secondary N) is 2. The lowest BCUT2D eigenvalue weighted by atomic mass is 10.3. The third kappa shape index (κ3) is 4.52. The van der Waals surface area contributed by atoms with Gasteiger partial charge in [0.05, 0.1) is 15.9 Å². The first-order valence-corrected chi connectivity index (χ1v) is 7.58. The molecular formula is C15H17BrClN5O3. The summed E-state index contributed by atoms with van der Waals surface area (Å²) < 4.78 is 3.25. The number of hydrogen-bond donors (Lipinski definition) is 3. The number of aromatic nitrogens is 2. The molecular weight excluding hydrogens is 414 g/mol. The number of anilines is 2. The maximum Gasteiger partial charge on any atom is 0.272 e. The molecule has 2 aromatic heterocycles. The average Bonchev–Trinajstić information content (AvgIpc) is 3.01. The number of nitrogens with zero attached hydrogens (tertiary/aromatic N) is 2. The number of carbonyl (C=O) groups is 3. The molecule has 25 heavy (non-hydrogen) atoms. The predicted octanol–water partition coefficient (Wildman–Crippen LogP) is 1.98. The second kappa shape index (κ2) is 8.04. The van der Waals surface area contributed by atoms with Gasteiger partial charge in [0.25, 0.3) is 17.7 Å². The highest BCUT2D eigenvalue weighted by Gasteiger charge is 2.18. The first-order chi connectivity index (χ1) is 11.2. The summed E-state index contributed by atoms with van der Waals surface area (Å²) in [7, 11) is 3.31. The first-order valence-electron chi connectivity index (χ1n) is 6.79. The van der Waals surface area contributed by atoms with Crippen molar-refractivity contribution in [2.45, 2.75) is 0 Å². The summed E-state index contributed by atoms with van der Waals surface area (Å²) in [6.45, 7) is 3.47. The fourth-order valence-corrected chi connectivity index (χ4v) is 2.28. The van der Waals surface area contributed by atoms with E-state index in [9.17, 15) is 14.4 Å². The Morgan fingerprint density at radius 2 is 1.84 bits per heavy atom. The minimum atomic E-state index is -0.645. The van der Waals surface area contributed by atoms with E-state index < -0.39 is 17.7 Å². The van der Waals surface area contributed by atoms with Gasteiger partial charge in [-0.05, 0) is 28.1 Å². The molecule has 0 spiro atoms. The number of hydrogen-bond acceptors (Lipinski definition) is 3. The van der Waals surface area contributed by atoms with Crippen LogP contribution in [0.2, 0.25) is 0 Å². The molecule has 0 aliphatic heterocycles. The van der Waals surface area contributed by atoms with E-state index in [1.165, 1.54) is 10.6 Å². The second-order valence-electron chi connectivity index (χ2n) is 5.09.